The largest absolute Gasteiger partial charge is 0.461 e. The van der Waals surface area contributed by atoms with Crippen LogP contribution in [0, 0.1) is 5.82 Å². The van der Waals surface area contributed by atoms with E-state index in [0.29, 0.717) is 89.5 Å². The van der Waals surface area contributed by atoms with E-state index in [9.17, 15) is 4.39 Å². The van der Waals surface area contributed by atoms with Crippen molar-refractivity contribution in [3.63, 3.8) is 0 Å². The fourth-order valence-corrected chi connectivity index (χ4v) is 9.30. The molecule has 4 aromatic heterocycles. The van der Waals surface area contributed by atoms with Gasteiger partial charge in [0.1, 0.15) is 35.6 Å². The Morgan fingerprint density at radius 3 is 2.90 bits per heavy atom. The third kappa shape index (κ3) is 4.52. The number of hydrogen-bond acceptors (Lipinski definition) is 10. The summed E-state index contributed by atoms with van der Waals surface area (Å²) in [6.07, 6.45) is 6.71. The third-order valence-electron chi connectivity index (χ3n) is 11.2. The molecule has 10 heterocycles. The first-order valence-electron chi connectivity index (χ1n) is 16.8. The molecule has 1 N–H and O–H groups in total. The molecule has 3 saturated heterocycles. The standard InChI is InChI=1S/C34H32ClF3N8O3/c35-23-8-24-21(12-41-44-24)25-20(23)3-2-19-10-40-30(49-19)34(38)14-33(15-34)16-45(6-7-48-33)29-22-11-39-28(25)26(37)27(22)42-31(43-29)47-17-32-4-1-5-46(32)13-18(36)9-32/h8,10-12,18H,1-7,9,13-17H2,(H,41,44)/t18-,32+,33?,34?/m1/s1. The minimum absolute atomic E-state index is 0.0132. The lowest BCUT2D eigenvalue weighted by Gasteiger charge is -2.54. The number of pyridine rings is 1. The number of H-pyrrole nitrogens is 1. The van der Waals surface area contributed by atoms with Crippen LogP contribution in [0.4, 0.5) is 19.0 Å². The van der Waals surface area contributed by atoms with Gasteiger partial charge in [-0.25, -0.2) is 18.2 Å². The molecule has 1 spiro atoms. The highest BCUT2D eigenvalue weighted by atomic mass is 35.5. The molecule has 6 aliphatic heterocycles. The first kappa shape index (κ1) is 29.9. The van der Waals surface area contributed by atoms with Gasteiger partial charge in [-0.2, -0.15) is 15.1 Å². The second-order valence-corrected chi connectivity index (χ2v) is 14.7. The smallest absolute Gasteiger partial charge is 0.319 e. The molecule has 49 heavy (non-hydrogen) atoms. The normalized spacial score (nSPS) is 29.4. The Bertz CT molecular complexity index is 2150. The van der Waals surface area contributed by atoms with Crippen molar-refractivity contribution in [3.8, 4) is 17.3 Å². The van der Waals surface area contributed by atoms with Crippen LogP contribution in [0.1, 0.15) is 49.3 Å². The lowest BCUT2D eigenvalue weighted by molar-refractivity contribution is -0.192. The maximum absolute atomic E-state index is 17.2. The molecule has 11 nitrogen and oxygen atoms in total. The lowest BCUT2D eigenvalue weighted by atomic mass is 9.67. The Balaban J connectivity index is 1.16. The van der Waals surface area contributed by atoms with Gasteiger partial charge in [0.15, 0.2) is 11.5 Å². The molecule has 0 unspecified atom stereocenters. The topological polar surface area (TPSA) is 118 Å². The van der Waals surface area contributed by atoms with Crippen molar-refractivity contribution in [2.24, 2.45) is 0 Å². The van der Waals surface area contributed by atoms with Crippen molar-refractivity contribution < 1.29 is 27.1 Å². The summed E-state index contributed by atoms with van der Waals surface area (Å²) in [6.45, 7) is 2.40. The number of ether oxygens (including phenoxy) is 2. The summed E-state index contributed by atoms with van der Waals surface area (Å²) >= 11 is 6.86. The summed E-state index contributed by atoms with van der Waals surface area (Å²) in [5, 5.41) is 8.54. The molecule has 15 heteroatoms. The maximum Gasteiger partial charge on any atom is 0.319 e. The van der Waals surface area contributed by atoms with Gasteiger partial charge in [-0.3, -0.25) is 15.0 Å². The minimum Gasteiger partial charge on any atom is -0.461 e. The van der Waals surface area contributed by atoms with Crippen LogP contribution in [0.15, 0.2) is 29.1 Å². The Labute approximate surface area is 283 Å². The van der Waals surface area contributed by atoms with Gasteiger partial charge >= 0.3 is 6.01 Å². The van der Waals surface area contributed by atoms with Crippen LogP contribution in [0.2, 0.25) is 5.02 Å². The number of nitrogens with zero attached hydrogens (tertiary/aromatic N) is 7. The number of morpholine rings is 1. The van der Waals surface area contributed by atoms with Gasteiger partial charge in [0.25, 0.3) is 0 Å². The van der Waals surface area contributed by atoms with E-state index in [4.69, 9.17) is 30.5 Å². The van der Waals surface area contributed by atoms with Gasteiger partial charge in [-0.1, -0.05) is 11.6 Å². The number of aromatic nitrogens is 6. The lowest BCUT2D eigenvalue weighted by Crippen LogP contribution is -2.63. The van der Waals surface area contributed by atoms with Gasteiger partial charge in [0.2, 0.25) is 5.89 Å². The number of oxazole rings is 1. The summed E-state index contributed by atoms with van der Waals surface area (Å²) in [5.74, 6) is 0.262. The summed E-state index contributed by atoms with van der Waals surface area (Å²) in [7, 11) is 0. The number of benzene rings is 1. The fourth-order valence-electron chi connectivity index (χ4n) is 9.00. The van der Waals surface area contributed by atoms with Crippen molar-refractivity contribution in [1.29, 1.82) is 0 Å². The molecule has 254 valence electrons. The van der Waals surface area contributed by atoms with E-state index in [-0.39, 0.29) is 42.6 Å². The molecular weight excluding hydrogens is 661 g/mol. The first-order chi connectivity index (χ1) is 23.7. The van der Waals surface area contributed by atoms with Crippen LogP contribution in [0.5, 0.6) is 6.01 Å². The third-order valence-corrected chi connectivity index (χ3v) is 11.6. The van der Waals surface area contributed by atoms with E-state index in [1.165, 1.54) is 6.20 Å². The Hall–Kier alpha value is -4.01. The van der Waals surface area contributed by atoms with Crippen LogP contribution in [0.3, 0.4) is 0 Å². The van der Waals surface area contributed by atoms with Crippen molar-refractivity contribution in [2.75, 3.05) is 44.3 Å². The molecule has 0 radical (unpaired) electrons. The van der Waals surface area contributed by atoms with E-state index in [1.807, 2.05) is 4.90 Å². The zero-order chi connectivity index (χ0) is 33.1. The summed E-state index contributed by atoms with van der Waals surface area (Å²) in [5.41, 5.74) is -1.27. The van der Waals surface area contributed by atoms with Gasteiger partial charge < -0.3 is 18.8 Å². The number of alkyl halides is 2. The van der Waals surface area contributed by atoms with Gasteiger partial charge in [-0.05, 0) is 37.4 Å². The van der Waals surface area contributed by atoms with Crippen LogP contribution in [-0.4, -0.2) is 91.7 Å². The molecular formula is C34H32ClF3N8O3. The van der Waals surface area contributed by atoms with Gasteiger partial charge in [0, 0.05) is 67.5 Å². The highest BCUT2D eigenvalue weighted by molar-refractivity contribution is 6.33. The number of nitrogens with one attached hydrogen (secondary N) is 1. The molecule has 12 rings (SSSR count). The number of rotatable bonds is 3. The second-order valence-electron chi connectivity index (χ2n) is 14.3. The second kappa shape index (κ2) is 10.5. The molecule has 2 atom stereocenters. The molecule has 1 saturated carbocycles. The minimum atomic E-state index is -1.79. The van der Waals surface area contributed by atoms with Crippen molar-refractivity contribution >= 4 is 39.2 Å². The molecule has 5 aromatic rings. The predicted octanol–water partition coefficient (Wildman–Crippen LogP) is 5.64. The Kier molecular flexibility index (Phi) is 6.40. The quantitative estimate of drug-likeness (QED) is 0.255. The summed E-state index contributed by atoms with van der Waals surface area (Å²) in [4.78, 5) is 22.6. The highest BCUT2D eigenvalue weighted by Crippen LogP contribution is 2.55. The molecule has 9 bridgehead atoms. The van der Waals surface area contributed by atoms with Crippen molar-refractivity contribution in [3.05, 3.63) is 52.7 Å². The molecule has 4 fully saturated rings. The zero-order valence-electron chi connectivity index (χ0n) is 26.4. The Morgan fingerprint density at radius 2 is 2.00 bits per heavy atom. The number of halogens is 4. The zero-order valence-corrected chi connectivity index (χ0v) is 27.2. The Morgan fingerprint density at radius 1 is 1.10 bits per heavy atom. The number of aromatic amines is 1. The molecule has 0 amide bonds. The van der Waals surface area contributed by atoms with E-state index in [1.54, 1.807) is 18.5 Å². The molecule has 7 aliphatic rings. The molecule has 1 aliphatic carbocycles. The van der Waals surface area contributed by atoms with Crippen molar-refractivity contribution in [2.45, 2.75) is 67.9 Å². The maximum atomic E-state index is 17.2. The van der Waals surface area contributed by atoms with Crippen LogP contribution >= 0.6 is 11.6 Å². The number of aryl methyl sites for hydroxylation is 1. The van der Waals surface area contributed by atoms with Crippen LogP contribution in [-0.2, 0) is 23.2 Å². The van der Waals surface area contributed by atoms with E-state index >= 15 is 8.78 Å². The van der Waals surface area contributed by atoms with Crippen molar-refractivity contribution in [1.82, 2.24) is 35.0 Å². The average Bonchev–Trinajstić information content (AvgIpc) is 3.86. The monoisotopic (exact) mass is 692 g/mol. The number of anilines is 1. The SMILES string of the molecule is Fc1c2ncc3c(nc(OC[C@@]45CCCN4C[C@H](F)C5)nc13)N1CCOC3(C1)CC(F)(C3)c1ncc(o1)CCc1c(Cl)cc3[nH]ncc3c1-2. The van der Waals surface area contributed by atoms with E-state index in [2.05, 4.69) is 30.0 Å². The molecule has 1 aromatic carbocycles. The van der Waals surface area contributed by atoms with E-state index < -0.39 is 28.8 Å². The number of hydrogen-bond donors (Lipinski definition) is 1. The fraction of sp³-hybridized carbons (Fsp3) is 0.500. The summed E-state index contributed by atoms with van der Waals surface area (Å²) in [6, 6.07) is 1.73. The van der Waals surface area contributed by atoms with Gasteiger partial charge in [-0.15, -0.1) is 0 Å². The van der Waals surface area contributed by atoms with E-state index in [0.717, 1.165) is 19.4 Å². The average molecular weight is 693 g/mol. The number of fused-ring (bicyclic) bond motifs is 2. The summed E-state index contributed by atoms with van der Waals surface area (Å²) < 4.78 is 66.5. The first-order valence-corrected chi connectivity index (χ1v) is 17.2. The van der Waals surface area contributed by atoms with Crippen LogP contribution < -0.4 is 9.64 Å². The van der Waals surface area contributed by atoms with Crippen LogP contribution in [0.25, 0.3) is 33.1 Å². The predicted molar refractivity (Wildman–Crippen MR) is 173 cm³/mol. The highest BCUT2D eigenvalue weighted by Gasteiger charge is 2.62. The van der Waals surface area contributed by atoms with Gasteiger partial charge in [0.05, 0.1) is 41.0 Å².